The molecule has 6 nitrogen and oxygen atoms in total. The number of carboxylic acids is 1. The van der Waals surface area contributed by atoms with Gasteiger partial charge in [-0.1, -0.05) is 45.0 Å². The number of alkyl halides is 3. The number of phenols is 1. The van der Waals surface area contributed by atoms with E-state index in [4.69, 9.17) is 0 Å². The van der Waals surface area contributed by atoms with Crippen molar-refractivity contribution >= 4 is 26.9 Å². The van der Waals surface area contributed by atoms with Crippen molar-refractivity contribution in [3.05, 3.63) is 94.7 Å². The van der Waals surface area contributed by atoms with Gasteiger partial charge in [-0.15, -0.1) is 0 Å². The summed E-state index contributed by atoms with van der Waals surface area (Å²) >= 11 is 0. The number of carbonyl (C=O) groups is 1. The second-order valence-electron chi connectivity index (χ2n) is 9.75. The van der Waals surface area contributed by atoms with Gasteiger partial charge in [0.25, 0.3) is 10.0 Å². The van der Waals surface area contributed by atoms with Gasteiger partial charge in [-0.3, -0.25) is 0 Å². The van der Waals surface area contributed by atoms with Crippen molar-refractivity contribution in [3.63, 3.8) is 0 Å². The number of fused-ring (bicyclic) bond motifs is 1. The monoisotopic (exact) mass is 531 g/mol. The molecule has 0 aliphatic heterocycles. The summed E-state index contributed by atoms with van der Waals surface area (Å²) in [5.41, 5.74) is -0.729. The number of para-hydroxylation sites is 1. The number of aromatic nitrogens is 1. The molecule has 1 aromatic heterocycles. The molecular weight excluding hydrogens is 507 g/mol. The maximum Gasteiger partial charge on any atom is 0.416 e. The molecule has 4 aromatic rings. The highest BCUT2D eigenvalue weighted by molar-refractivity contribution is 7.90. The number of nitrogens with zero attached hydrogens (tertiary/aromatic N) is 1. The van der Waals surface area contributed by atoms with Crippen LogP contribution in [0.25, 0.3) is 10.9 Å². The highest BCUT2D eigenvalue weighted by Crippen LogP contribution is 2.36. The third-order valence-corrected chi connectivity index (χ3v) is 7.88. The van der Waals surface area contributed by atoms with Gasteiger partial charge in [0.2, 0.25) is 0 Å². The Morgan fingerprint density at radius 1 is 0.919 bits per heavy atom. The van der Waals surface area contributed by atoms with Gasteiger partial charge in [0.05, 0.1) is 16.0 Å². The molecule has 0 spiro atoms. The number of hydrogen-bond acceptors (Lipinski definition) is 4. The average Bonchev–Trinajstić information content (AvgIpc) is 3.17. The fraction of sp³-hybridized carbons (Fsp3) is 0.222. The Labute approximate surface area is 211 Å². The fourth-order valence-corrected chi connectivity index (χ4v) is 5.75. The normalized spacial score (nSPS) is 12.7. The number of aromatic hydroxyl groups is 1. The molecule has 0 fully saturated rings. The van der Waals surface area contributed by atoms with Gasteiger partial charge < -0.3 is 10.2 Å². The molecule has 4 rings (SSSR count). The van der Waals surface area contributed by atoms with Crippen molar-refractivity contribution in [2.45, 2.75) is 43.7 Å². The van der Waals surface area contributed by atoms with Crippen molar-refractivity contribution in [3.8, 4) is 5.75 Å². The SMILES string of the molecule is CC(C)(C)c1cccc(S(=O)(=O)n2c(Cc3cccc(C(=O)O)c3O)cc3cc(C(F)(F)F)ccc32)c1. The van der Waals surface area contributed by atoms with Crippen LogP contribution in [0.1, 0.15) is 53.5 Å². The number of rotatable bonds is 5. The summed E-state index contributed by atoms with van der Waals surface area (Å²) in [6.07, 6.45) is -4.88. The van der Waals surface area contributed by atoms with Gasteiger partial charge in [0.15, 0.2) is 0 Å². The van der Waals surface area contributed by atoms with Crippen LogP contribution in [0.2, 0.25) is 0 Å². The number of aromatic carboxylic acids is 1. The first-order valence-electron chi connectivity index (χ1n) is 11.2. The van der Waals surface area contributed by atoms with Crippen molar-refractivity contribution in [1.29, 1.82) is 0 Å². The highest BCUT2D eigenvalue weighted by Gasteiger charge is 2.32. The Morgan fingerprint density at radius 3 is 2.22 bits per heavy atom. The first-order valence-corrected chi connectivity index (χ1v) is 12.7. The smallest absolute Gasteiger partial charge is 0.416 e. The lowest BCUT2D eigenvalue weighted by Crippen LogP contribution is -2.18. The van der Waals surface area contributed by atoms with Gasteiger partial charge >= 0.3 is 12.1 Å². The first-order chi connectivity index (χ1) is 17.1. The lowest BCUT2D eigenvalue weighted by molar-refractivity contribution is -0.137. The van der Waals surface area contributed by atoms with Crippen LogP contribution < -0.4 is 0 Å². The molecule has 2 N–H and O–H groups in total. The van der Waals surface area contributed by atoms with E-state index in [2.05, 4.69) is 0 Å². The molecule has 3 aromatic carbocycles. The maximum atomic E-state index is 13.9. The Hall–Kier alpha value is -3.79. The minimum Gasteiger partial charge on any atom is -0.507 e. The van der Waals surface area contributed by atoms with Crippen molar-refractivity contribution in [2.75, 3.05) is 0 Å². The summed E-state index contributed by atoms with van der Waals surface area (Å²) < 4.78 is 69.0. The number of carboxylic acid groups (broad SMARTS) is 1. The van der Waals surface area contributed by atoms with Crippen molar-refractivity contribution in [1.82, 2.24) is 3.97 Å². The van der Waals surface area contributed by atoms with E-state index in [-0.39, 0.29) is 44.5 Å². The van der Waals surface area contributed by atoms with E-state index in [0.717, 1.165) is 27.7 Å². The van der Waals surface area contributed by atoms with Gasteiger partial charge in [-0.25, -0.2) is 17.2 Å². The summed E-state index contributed by atoms with van der Waals surface area (Å²) in [4.78, 5) is 11.4. The van der Waals surface area contributed by atoms with Crippen LogP contribution in [0.3, 0.4) is 0 Å². The molecule has 37 heavy (non-hydrogen) atoms. The molecule has 0 amide bonds. The molecule has 194 valence electrons. The Kier molecular flexibility index (Phi) is 6.36. The van der Waals surface area contributed by atoms with Gasteiger partial charge in [0.1, 0.15) is 11.3 Å². The molecule has 0 atom stereocenters. The zero-order chi connectivity index (χ0) is 27.3. The van der Waals surface area contributed by atoms with Crippen LogP contribution in [0.5, 0.6) is 5.75 Å². The summed E-state index contributed by atoms with van der Waals surface area (Å²) in [6.45, 7) is 5.77. The first kappa shape index (κ1) is 26.3. The van der Waals surface area contributed by atoms with Crippen LogP contribution in [-0.2, 0) is 28.0 Å². The third kappa shape index (κ3) is 4.93. The van der Waals surface area contributed by atoms with Crippen LogP contribution in [0, 0.1) is 0 Å². The van der Waals surface area contributed by atoms with E-state index in [9.17, 15) is 36.6 Å². The number of halogens is 3. The van der Waals surface area contributed by atoms with E-state index in [0.29, 0.717) is 0 Å². The quantitative estimate of drug-likeness (QED) is 0.320. The number of hydrogen-bond donors (Lipinski definition) is 2. The molecular formula is C27H24F3NO5S. The zero-order valence-electron chi connectivity index (χ0n) is 20.2. The van der Waals surface area contributed by atoms with Gasteiger partial charge in [-0.2, -0.15) is 13.2 Å². The number of benzene rings is 3. The van der Waals surface area contributed by atoms with Crippen LogP contribution in [-0.4, -0.2) is 28.6 Å². The Bertz CT molecular complexity index is 1630. The highest BCUT2D eigenvalue weighted by atomic mass is 32.2. The molecule has 0 bridgehead atoms. The van der Waals surface area contributed by atoms with E-state index in [1.165, 1.54) is 36.4 Å². The van der Waals surface area contributed by atoms with Gasteiger partial charge in [-0.05, 0) is 53.4 Å². The van der Waals surface area contributed by atoms with Crippen LogP contribution >= 0.6 is 0 Å². The van der Waals surface area contributed by atoms with E-state index in [1.54, 1.807) is 12.1 Å². The van der Waals surface area contributed by atoms with Crippen LogP contribution in [0.4, 0.5) is 13.2 Å². The topological polar surface area (TPSA) is 96.6 Å². The summed E-state index contributed by atoms with van der Waals surface area (Å²) in [6, 6.07) is 14.4. The van der Waals surface area contributed by atoms with E-state index in [1.807, 2.05) is 20.8 Å². The minimum atomic E-state index is -4.63. The summed E-state index contributed by atoms with van der Waals surface area (Å²) in [5.74, 6) is -1.92. The predicted molar refractivity (Wildman–Crippen MR) is 133 cm³/mol. The maximum absolute atomic E-state index is 13.9. The molecule has 0 aliphatic rings. The molecule has 0 unspecified atom stereocenters. The molecule has 0 saturated heterocycles. The average molecular weight is 532 g/mol. The van der Waals surface area contributed by atoms with Crippen LogP contribution in [0.15, 0.2) is 71.6 Å². The fourth-order valence-electron chi connectivity index (χ4n) is 4.16. The van der Waals surface area contributed by atoms with E-state index >= 15 is 0 Å². The second kappa shape index (κ2) is 8.95. The lowest BCUT2D eigenvalue weighted by atomic mass is 9.87. The molecule has 1 heterocycles. The minimum absolute atomic E-state index is 0.0260. The molecule has 0 saturated carbocycles. The Balaban J connectivity index is 1.97. The molecule has 0 aliphatic carbocycles. The molecule has 0 radical (unpaired) electrons. The zero-order valence-corrected chi connectivity index (χ0v) is 21.0. The lowest BCUT2D eigenvalue weighted by Gasteiger charge is -2.20. The standard InChI is InChI=1S/C27H24F3NO5S/c1-26(2,3)18-7-5-8-21(15-18)37(35,36)31-20(13-16-6-4-9-22(24(16)32)25(33)34)14-17-12-19(27(28,29)30)10-11-23(17)31/h4-12,14-15,32H,13H2,1-3H3,(H,33,34). The van der Waals surface area contributed by atoms with Gasteiger partial charge in [0, 0.05) is 23.1 Å². The summed E-state index contributed by atoms with van der Waals surface area (Å²) in [7, 11) is -4.31. The largest absolute Gasteiger partial charge is 0.507 e. The van der Waals surface area contributed by atoms with E-state index < -0.39 is 33.5 Å². The Morgan fingerprint density at radius 2 is 1.59 bits per heavy atom. The molecule has 10 heteroatoms. The second-order valence-corrected chi connectivity index (χ2v) is 11.5. The third-order valence-electron chi connectivity index (χ3n) is 6.12. The van der Waals surface area contributed by atoms with Crippen molar-refractivity contribution < 1.29 is 36.6 Å². The summed E-state index contributed by atoms with van der Waals surface area (Å²) in [5, 5.41) is 19.9. The predicted octanol–water partition coefficient (Wildman–Crippen LogP) is 6.19. The van der Waals surface area contributed by atoms with Crippen molar-refractivity contribution in [2.24, 2.45) is 0 Å².